The SMILES string of the molecule is CC(Br)C(C)(C)NC(=O)c1cc(Br)ccc1Br. The summed E-state index contributed by atoms with van der Waals surface area (Å²) in [5.74, 6) is -0.0884. The van der Waals surface area contributed by atoms with Gasteiger partial charge in [-0.15, -0.1) is 0 Å². The Bertz CT molecular complexity index is 430. The van der Waals surface area contributed by atoms with Gasteiger partial charge in [-0.2, -0.15) is 0 Å². The first-order chi connectivity index (χ1) is 7.74. The fourth-order valence-electron chi connectivity index (χ4n) is 1.13. The Morgan fingerprint density at radius 2 is 1.94 bits per heavy atom. The number of rotatable bonds is 3. The summed E-state index contributed by atoms with van der Waals surface area (Å²) in [5, 5.41) is 3.00. The molecule has 0 radical (unpaired) electrons. The molecule has 0 aromatic heterocycles. The molecule has 0 heterocycles. The van der Waals surface area contributed by atoms with Crippen molar-refractivity contribution in [1.82, 2.24) is 5.32 Å². The molecule has 1 atom stereocenters. The van der Waals surface area contributed by atoms with E-state index in [2.05, 4.69) is 53.1 Å². The highest BCUT2D eigenvalue weighted by Gasteiger charge is 2.26. The van der Waals surface area contributed by atoms with Gasteiger partial charge >= 0.3 is 0 Å². The standard InChI is InChI=1S/C12H14Br3NO/c1-7(13)12(2,3)16-11(17)9-6-8(14)4-5-10(9)15/h4-7H,1-3H3,(H,16,17). The molecule has 0 fully saturated rings. The third-order valence-corrected chi connectivity index (χ3v) is 4.93. The van der Waals surface area contributed by atoms with Crippen LogP contribution in [0.1, 0.15) is 31.1 Å². The second-order valence-electron chi connectivity index (χ2n) is 4.42. The van der Waals surface area contributed by atoms with Gasteiger partial charge in [-0.3, -0.25) is 4.79 Å². The van der Waals surface area contributed by atoms with Gasteiger partial charge in [0.2, 0.25) is 0 Å². The molecule has 1 aromatic carbocycles. The van der Waals surface area contributed by atoms with Crippen LogP contribution in [0.3, 0.4) is 0 Å². The smallest absolute Gasteiger partial charge is 0.252 e. The lowest BCUT2D eigenvalue weighted by Crippen LogP contribution is -2.48. The van der Waals surface area contributed by atoms with Crippen LogP contribution >= 0.6 is 47.8 Å². The van der Waals surface area contributed by atoms with Crippen molar-refractivity contribution in [2.45, 2.75) is 31.1 Å². The Labute approximate surface area is 127 Å². The van der Waals surface area contributed by atoms with Gasteiger partial charge in [0.15, 0.2) is 0 Å². The van der Waals surface area contributed by atoms with Gasteiger partial charge in [-0.05, 0) is 48.0 Å². The second kappa shape index (κ2) is 5.85. The van der Waals surface area contributed by atoms with Crippen molar-refractivity contribution in [2.24, 2.45) is 0 Å². The van der Waals surface area contributed by atoms with Crippen LogP contribution in [0.2, 0.25) is 0 Å². The highest BCUT2D eigenvalue weighted by atomic mass is 79.9. The zero-order valence-corrected chi connectivity index (χ0v) is 14.6. The zero-order chi connectivity index (χ0) is 13.2. The first-order valence-electron chi connectivity index (χ1n) is 5.15. The van der Waals surface area contributed by atoms with E-state index in [1.807, 2.05) is 32.9 Å². The Kier molecular flexibility index (Phi) is 5.22. The average molecular weight is 428 g/mol. The quantitative estimate of drug-likeness (QED) is 0.707. The summed E-state index contributed by atoms with van der Waals surface area (Å²) in [7, 11) is 0. The molecule has 94 valence electrons. The minimum Gasteiger partial charge on any atom is -0.346 e. The van der Waals surface area contributed by atoms with Crippen LogP contribution in [-0.4, -0.2) is 16.3 Å². The summed E-state index contributed by atoms with van der Waals surface area (Å²) in [4.78, 5) is 12.3. The highest BCUT2D eigenvalue weighted by Crippen LogP contribution is 2.23. The predicted octanol–water partition coefficient (Wildman–Crippen LogP) is 4.50. The number of halogens is 3. The number of carbonyl (C=O) groups excluding carboxylic acids is 1. The topological polar surface area (TPSA) is 29.1 Å². The Balaban J connectivity index is 2.94. The molecule has 1 unspecified atom stereocenters. The second-order valence-corrected chi connectivity index (χ2v) is 7.56. The molecule has 0 spiro atoms. The lowest BCUT2D eigenvalue weighted by atomic mass is 10.0. The van der Waals surface area contributed by atoms with Crippen molar-refractivity contribution < 1.29 is 4.79 Å². The van der Waals surface area contributed by atoms with Crippen LogP contribution in [0.5, 0.6) is 0 Å². The van der Waals surface area contributed by atoms with E-state index in [0.29, 0.717) is 5.56 Å². The molecule has 1 rings (SSSR count). The summed E-state index contributed by atoms with van der Waals surface area (Å²) in [6.07, 6.45) is 0. The Hall–Kier alpha value is 0.130. The van der Waals surface area contributed by atoms with Crippen molar-refractivity contribution >= 4 is 53.7 Å². The number of amides is 1. The van der Waals surface area contributed by atoms with Crippen LogP contribution in [0.25, 0.3) is 0 Å². The predicted molar refractivity (Wildman–Crippen MR) is 81.8 cm³/mol. The van der Waals surface area contributed by atoms with Crippen molar-refractivity contribution in [2.75, 3.05) is 0 Å². The highest BCUT2D eigenvalue weighted by molar-refractivity contribution is 9.11. The van der Waals surface area contributed by atoms with Gasteiger partial charge in [0, 0.05) is 19.3 Å². The summed E-state index contributed by atoms with van der Waals surface area (Å²) >= 11 is 10.2. The molecule has 1 aromatic rings. The lowest BCUT2D eigenvalue weighted by Gasteiger charge is -2.29. The maximum atomic E-state index is 12.2. The monoisotopic (exact) mass is 425 g/mol. The molecule has 0 saturated carbocycles. The molecule has 0 aliphatic rings. The van der Waals surface area contributed by atoms with Gasteiger partial charge in [0.1, 0.15) is 0 Å². The van der Waals surface area contributed by atoms with Crippen molar-refractivity contribution in [3.63, 3.8) is 0 Å². The number of alkyl halides is 1. The van der Waals surface area contributed by atoms with Gasteiger partial charge in [0.25, 0.3) is 5.91 Å². The number of hydrogen-bond acceptors (Lipinski definition) is 1. The molecule has 0 saturated heterocycles. The van der Waals surface area contributed by atoms with E-state index < -0.39 is 0 Å². The van der Waals surface area contributed by atoms with Crippen LogP contribution in [0, 0.1) is 0 Å². The Morgan fingerprint density at radius 3 is 2.47 bits per heavy atom. The summed E-state index contributed by atoms with van der Waals surface area (Å²) in [6.45, 7) is 5.97. The van der Waals surface area contributed by atoms with E-state index in [1.54, 1.807) is 6.07 Å². The molecular formula is C12H14Br3NO. The first-order valence-corrected chi connectivity index (χ1v) is 7.66. The maximum Gasteiger partial charge on any atom is 0.252 e. The van der Waals surface area contributed by atoms with E-state index in [4.69, 9.17) is 0 Å². The van der Waals surface area contributed by atoms with E-state index >= 15 is 0 Å². The number of benzene rings is 1. The van der Waals surface area contributed by atoms with Gasteiger partial charge in [-0.1, -0.05) is 38.8 Å². The van der Waals surface area contributed by atoms with Gasteiger partial charge < -0.3 is 5.32 Å². The third-order valence-electron chi connectivity index (χ3n) is 2.60. The summed E-state index contributed by atoms with van der Waals surface area (Å²) in [6, 6.07) is 5.54. The number of carbonyl (C=O) groups is 1. The van der Waals surface area contributed by atoms with E-state index in [-0.39, 0.29) is 16.3 Å². The fourth-order valence-corrected chi connectivity index (χ4v) is 2.03. The molecule has 0 bridgehead atoms. The molecule has 0 aliphatic carbocycles. The van der Waals surface area contributed by atoms with Crippen LogP contribution < -0.4 is 5.32 Å². The summed E-state index contributed by atoms with van der Waals surface area (Å²) in [5.41, 5.74) is 0.319. The molecule has 17 heavy (non-hydrogen) atoms. The van der Waals surface area contributed by atoms with E-state index in [0.717, 1.165) is 8.95 Å². The van der Waals surface area contributed by atoms with Crippen molar-refractivity contribution in [3.8, 4) is 0 Å². The summed E-state index contributed by atoms with van der Waals surface area (Å²) < 4.78 is 1.67. The first kappa shape index (κ1) is 15.2. The minimum absolute atomic E-state index is 0.0884. The molecule has 1 amide bonds. The molecule has 5 heteroatoms. The fraction of sp³-hybridized carbons (Fsp3) is 0.417. The molecular weight excluding hydrogens is 414 g/mol. The van der Waals surface area contributed by atoms with Gasteiger partial charge in [-0.25, -0.2) is 0 Å². The van der Waals surface area contributed by atoms with E-state index in [1.165, 1.54) is 0 Å². The molecule has 1 N–H and O–H groups in total. The van der Waals surface area contributed by atoms with Crippen molar-refractivity contribution in [3.05, 3.63) is 32.7 Å². The third kappa shape index (κ3) is 4.07. The van der Waals surface area contributed by atoms with Crippen LogP contribution in [0.15, 0.2) is 27.1 Å². The lowest BCUT2D eigenvalue weighted by molar-refractivity contribution is 0.0913. The van der Waals surface area contributed by atoms with Crippen LogP contribution in [-0.2, 0) is 0 Å². The van der Waals surface area contributed by atoms with Crippen LogP contribution in [0.4, 0.5) is 0 Å². The minimum atomic E-state index is -0.307. The normalized spacial score (nSPS) is 13.3. The average Bonchev–Trinajstić information content (AvgIpc) is 2.20. The number of nitrogens with one attached hydrogen (secondary N) is 1. The van der Waals surface area contributed by atoms with Gasteiger partial charge in [0.05, 0.1) is 5.56 Å². The number of hydrogen-bond donors (Lipinski definition) is 1. The zero-order valence-electron chi connectivity index (χ0n) is 9.85. The molecule has 0 aliphatic heterocycles. The Morgan fingerprint density at radius 1 is 1.35 bits per heavy atom. The van der Waals surface area contributed by atoms with Crippen molar-refractivity contribution in [1.29, 1.82) is 0 Å². The molecule has 2 nitrogen and oxygen atoms in total. The van der Waals surface area contributed by atoms with E-state index in [9.17, 15) is 4.79 Å². The maximum absolute atomic E-state index is 12.2. The largest absolute Gasteiger partial charge is 0.346 e.